The fourth-order valence-corrected chi connectivity index (χ4v) is 2.87. The van der Waals surface area contributed by atoms with E-state index in [1.165, 1.54) is 0 Å². The summed E-state index contributed by atoms with van der Waals surface area (Å²) < 4.78 is 25.6. The number of ether oxygens (including phenoxy) is 5. The molecule has 0 bridgehead atoms. The molecule has 5 heteroatoms. The Bertz CT molecular complexity index is 501. The number of rotatable bonds is 6. The van der Waals surface area contributed by atoms with Crippen molar-refractivity contribution in [3.8, 4) is 0 Å². The van der Waals surface area contributed by atoms with E-state index in [0.29, 0.717) is 61.0 Å². The van der Waals surface area contributed by atoms with Gasteiger partial charge in [-0.2, -0.15) is 0 Å². The van der Waals surface area contributed by atoms with Crippen molar-refractivity contribution >= 4 is 0 Å². The van der Waals surface area contributed by atoms with Gasteiger partial charge in [0.05, 0.1) is 61.0 Å². The van der Waals surface area contributed by atoms with Crippen molar-refractivity contribution in [1.29, 1.82) is 0 Å². The normalized spacial score (nSPS) is 44.8. The fraction of sp³-hybridized carbons (Fsp3) is 0.833. The van der Waals surface area contributed by atoms with Crippen LogP contribution in [-0.4, -0.2) is 61.0 Å². The highest BCUT2D eigenvalue weighted by atomic mass is 16.6. The molecule has 29 heavy (non-hydrogen) atoms. The Morgan fingerprint density at radius 1 is 0.586 bits per heavy atom. The van der Waals surface area contributed by atoms with Crippen molar-refractivity contribution in [2.45, 2.75) is 129 Å². The SMILES string of the molecule is C=CCC1OC1C.CC1OC1C.CC1OC1CC1OC1C.CC=CCC1OC1C. The first kappa shape index (κ1) is 24.5. The zero-order valence-electron chi connectivity index (χ0n) is 19.4. The van der Waals surface area contributed by atoms with Gasteiger partial charge >= 0.3 is 0 Å². The highest BCUT2D eigenvalue weighted by Crippen LogP contribution is 2.34. The molecule has 5 heterocycles. The molecule has 5 nitrogen and oxygen atoms in total. The Balaban J connectivity index is 0.000000141. The smallest absolute Gasteiger partial charge is 0.0873 e. The summed E-state index contributed by atoms with van der Waals surface area (Å²) in [6, 6.07) is 0. The second-order valence-electron chi connectivity index (χ2n) is 8.63. The standard InChI is InChI=1S/C7H12O2.C7H12O.C6H10O.C4H8O/c1-4-6(8-4)3-7-5(2)9-7;1-3-4-5-7-6(2)8-7;1-3-4-6-5(2)7-6;1-3-4(2)5-3/h4-7H,3H2,1-2H3;3-4,6-7H,5H2,1-2H3;3,5-6H,1,4H2,2H3;3-4H,1-2H3. The van der Waals surface area contributed by atoms with E-state index in [9.17, 15) is 0 Å². The van der Waals surface area contributed by atoms with Crippen LogP contribution >= 0.6 is 0 Å². The number of hydrogen-bond acceptors (Lipinski definition) is 5. The highest BCUT2D eigenvalue weighted by molar-refractivity contribution is 4.91. The van der Waals surface area contributed by atoms with Crippen molar-refractivity contribution in [3.05, 3.63) is 24.8 Å². The molecule has 5 rings (SSSR count). The third kappa shape index (κ3) is 10.7. The molecule has 168 valence electrons. The molecule has 0 aromatic heterocycles. The molecule has 0 radical (unpaired) electrons. The Labute approximate surface area is 177 Å². The Morgan fingerprint density at radius 2 is 0.931 bits per heavy atom. The van der Waals surface area contributed by atoms with Gasteiger partial charge in [0.15, 0.2) is 0 Å². The predicted molar refractivity (Wildman–Crippen MR) is 116 cm³/mol. The molecule has 0 aromatic rings. The lowest BCUT2D eigenvalue weighted by Crippen LogP contribution is -1.97. The first-order valence-corrected chi connectivity index (χ1v) is 11.3. The van der Waals surface area contributed by atoms with E-state index in [0.717, 1.165) is 19.3 Å². The summed E-state index contributed by atoms with van der Waals surface area (Å²) >= 11 is 0. The molecule has 0 amide bonds. The average Bonchev–Trinajstić information content (AvgIpc) is 3.38. The largest absolute Gasteiger partial charge is 0.370 e. The van der Waals surface area contributed by atoms with Crippen LogP contribution in [0, 0.1) is 0 Å². The Hall–Kier alpha value is -0.720. The van der Waals surface area contributed by atoms with Crippen LogP contribution in [0.15, 0.2) is 24.8 Å². The summed E-state index contributed by atoms with van der Waals surface area (Å²) in [5, 5.41) is 0. The molecule has 0 N–H and O–H groups in total. The molecule has 0 spiro atoms. The van der Waals surface area contributed by atoms with Crippen LogP contribution < -0.4 is 0 Å². The van der Waals surface area contributed by atoms with E-state index >= 15 is 0 Å². The summed E-state index contributed by atoms with van der Waals surface area (Å²) in [4.78, 5) is 0. The van der Waals surface area contributed by atoms with E-state index in [4.69, 9.17) is 23.7 Å². The van der Waals surface area contributed by atoms with Crippen molar-refractivity contribution < 1.29 is 23.7 Å². The van der Waals surface area contributed by atoms with Gasteiger partial charge in [-0.3, -0.25) is 0 Å². The summed E-state index contributed by atoms with van der Waals surface area (Å²) in [5.41, 5.74) is 0. The zero-order chi connectivity index (χ0) is 21.6. The van der Waals surface area contributed by atoms with Crippen LogP contribution in [0.3, 0.4) is 0 Å². The highest BCUT2D eigenvalue weighted by Gasteiger charge is 2.44. The minimum absolute atomic E-state index is 0.498. The molecule has 5 saturated heterocycles. The van der Waals surface area contributed by atoms with E-state index in [1.54, 1.807) is 0 Å². The Morgan fingerprint density at radius 3 is 1.14 bits per heavy atom. The zero-order valence-corrected chi connectivity index (χ0v) is 19.4. The van der Waals surface area contributed by atoms with Gasteiger partial charge in [0.25, 0.3) is 0 Å². The summed E-state index contributed by atoms with van der Waals surface area (Å²) in [6.45, 7) is 18.2. The van der Waals surface area contributed by atoms with Gasteiger partial charge in [0, 0.05) is 6.42 Å². The quantitative estimate of drug-likeness (QED) is 0.463. The van der Waals surface area contributed by atoms with E-state index in [1.807, 2.05) is 13.0 Å². The second kappa shape index (κ2) is 11.6. The first-order valence-electron chi connectivity index (χ1n) is 11.3. The first-order chi connectivity index (χ1) is 13.8. The van der Waals surface area contributed by atoms with Crippen LogP contribution in [0.5, 0.6) is 0 Å². The Kier molecular flexibility index (Phi) is 9.83. The molecular weight excluding hydrogens is 368 g/mol. The fourth-order valence-electron chi connectivity index (χ4n) is 2.87. The molecule has 0 aliphatic carbocycles. The molecular formula is C24H42O5. The molecule has 0 aromatic carbocycles. The average molecular weight is 411 g/mol. The summed E-state index contributed by atoms with van der Waals surface area (Å²) in [7, 11) is 0. The van der Waals surface area contributed by atoms with Crippen LogP contribution in [-0.2, 0) is 23.7 Å². The maximum atomic E-state index is 5.24. The van der Waals surface area contributed by atoms with E-state index < -0.39 is 0 Å². The minimum atomic E-state index is 0.498. The molecule has 5 fully saturated rings. The van der Waals surface area contributed by atoms with Crippen molar-refractivity contribution in [3.63, 3.8) is 0 Å². The van der Waals surface area contributed by atoms with Crippen LogP contribution in [0.4, 0.5) is 0 Å². The van der Waals surface area contributed by atoms with Gasteiger partial charge in [-0.1, -0.05) is 18.2 Å². The number of epoxide rings is 5. The maximum absolute atomic E-state index is 5.24. The van der Waals surface area contributed by atoms with Crippen LogP contribution in [0.25, 0.3) is 0 Å². The summed E-state index contributed by atoms with van der Waals surface area (Å²) in [5.74, 6) is 0. The van der Waals surface area contributed by atoms with E-state index in [-0.39, 0.29) is 0 Å². The molecule has 10 unspecified atom stereocenters. The lowest BCUT2D eigenvalue weighted by Gasteiger charge is -1.83. The third-order valence-corrected chi connectivity index (χ3v) is 5.83. The molecule has 5 aliphatic rings. The van der Waals surface area contributed by atoms with Crippen LogP contribution in [0.2, 0.25) is 0 Å². The maximum Gasteiger partial charge on any atom is 0.0873 e. The minimum Gasteiger partial charge on any atom is -0.370 e. The van der Waals surface area contributed by atoms with Gasteiger partial charge in [-0.05, 0) is 61.3 Å². The van der Waals surface area contributed by atoms with Gasteiger partial charge in [0.1, 0.15) is 0 Å². The molecule has 10 atom stereocenters. The van der Waals surface area contributed by atoms with Crippen LogP contribution in [0.1, 0.15) is 67.7 Å². The predicted octanol–water partition coefficient (Wildman–Crippen LogP) is 4.83. The topological polar surface area (TPSA) is 62.6 Å². The van der Waals surface area contributed by atoms with E-state index in [2.05, 4.69) is 60.3 Å². The number of allylic oxidation sites excluding steroid dienone is 1. The molecule has 0 saturated carbocycles. The lowest BCUT2D eigenvalue weighted by atomic mass is 10.2. The second-order valence-corrected chi connectivity index (χ2v) is 8.63. The van der Waals surface area contributed by atoms with Gasteiger partial charge in [-0.15, -0.1) is 6.58 Å². The summed E-state index contributed by atoms with van der Waals surface area (Å²) in [6.07, 6.45) is 14.5. The van der Waals surface area contributed by atoms with Crippen molar-refractivity contribution in [2.24, 2.45) is 0 Å². The van der Waals surface area contributed by atoms with Gasteiger partial charge in [0.2, 0.25) is 0 Å². The molecule has 5 aliphatic heterocycles. The lowest BCUT2D eigenvalue weighted by molar-refractivity contribution is 0.328. The third-order valence-electron chi connectivity index (χ3n) is 5.83. The van der Waals surface area contributed by atoms with Crippen molar-refractivity contribution in [2.75, 3.05) is 0 Å². The monoisotopic (exact) mass is 410 g/mol. The number of hydrogen-bond donors (Lipinski definition) is 0. The van der Waals surface area contributed by atoms with Gasteiger partial charge in [-0.25, -0.2) is 0 Å². The van der Waals surface area contributed by atoms with Crippen molar-refractivity contribution in [1.82, 2.24) is 0 Å². The van der Waals surface area contributed by atoms with Gasteiger partial charge < -0.3 is 23.7 Å².